The number of halogens is 5. The number of rotatable bonds is 3. The van der Waals surface area contributed by atoms with Crippen molar-refractivity contribution in [3.05, 3.63) is 69.2 Å². The summed E-state index contributed by atoms with van der Waals surface area (Å²) in [5.41, 5.74) is 1.75. The van der Waals surface area contributed by atoms with E-state index in [-0.39, 0.29) is 27.3 Å². The first kappa shape index (κ1) is 22.8. The lowest BCUT2D eigenvalue weighted by Gasteiger charge is -2.30. The molecular weight excluding hydrogens is 466 g/mol. The molecule has 0 aromatic heterocycles. The molecule has 2 aromatic rings. The maximum Gasteiger partial charge on any atom is 0.428 e. The van der Waals surface area contributed by atoms with E-state index in [0.717, 1.165) is 23.7 Å². The molecule has 2 amide bonds. The maximum atomic E-state index is 14.2. The van der Waals surface area contributed by atoms with E-state index in [1.54, 1.807) is 23.1 Å². The van der Waals surface area contributed by atoms with Crippen LogP contribution >= 0.6 is 23.2 Å². The standard InChI is InChI=1S/C22H20Cl2F3N3O2/c1-2-28-20(31)30-7-3-4-14-8-13(5-6-19(14)30)18-12-21(32-29-18,22(25,26)27)15-9-16(23)11-17(24)10-15/h5-6,8-12,29H,2-4,7H2,1H3,(H,28,31). The van der Waals surface area contributed by atoms with Crippen LogP contribution in [0.25, 0.3) is 5.70 Å². The molecule has 2 heterocycles. The largest absolute Gasteiger partial charge is 0.428 e. The van der Waals surface area contributed by atoms with Crippen LogP contribution in [0.15, 0.2) is 42.5 Å². The van der Waals surface area contributed by atoms with Crippen molar-refractivity contribution >= 4 is 40.6 Å². The second-order valence-corrected chi connectivity index (χ2v) is 8.46. The van der Waals surface area contributed by atoms with E-state index in [2.05, 4.69) is 10.8 Å². The molecule has 0 fully saturated rings. The highest BCUT2D eigenvalue weighted by Crippen LogP contribution is 2.48. The van der Waals surface area contributed by atoms with Gasteiger partial charge in [0.15, 0.2) is 0 Å². The van der Waals surface area contributed by atoms with Gasteiger partial charge in [-0.3, -0.25) is 15.2 Å². The van der Waals surface area contributed by atoms with E-state index in [4.69, 9.17) is 28.0 Å². The fourth-order valence-electron chi connectivity index (χ4n) is 3.98. The normalized spacial score (nSPS) is 20.4. The minimum atomic E-state index is -4.78. The van der Waals surface area contributed by atoms with Crippen molar-refractivity contribution in [2.45, 2.75) is 31.5 Å². The van der Waals surface area contributed by atoms with Crippen LogP contribution in [0.4, 0.5) is 23.7 Å². The van der Waals surface area contributed by atoms with Gasteiger partial charge in [0.25, 0.3) is 0 Å². The number of urea groups is 1. The third-order valence-electron chi connectivity index (χ3n) is 5.46. The van der Waals surface area contributed by atoms with Gasteiger partial charge < -0.3 is 5.32 Å². The molecule has 2 aromatic carbocycles. The Balaban J connectivity index is 1.74. The van der Waals surface area contributed by atoms with Gasteiger partial charge in [0.2, 0.25) is 5.60 Å². The number of amides is 2. The number of aryl methyl sites for hydroxylation is 1. The van der Waals surface area contributed by atoms with Gasteiger partial charge in [-0.1, -0.05) is 29.3 Å². The number of hydrogen-bond donors (Lipinski definition) is 2. The molecule has 1 unspecified atom stereocenters. The van der Waals surface area contributed by atoms with E-state index < -0.39 is 11.8 Å². The van der Waals surface area contributed by atoms with Gasteiger partial charge in [0, 0.05) is 39.9 Å². The second kappa shape index (κ2) is 8.50. The van der Waals surface area contributed by atoms with E-state index >= 15 is 0 Å². The first-order valence-corrected chi connectivity index (χ1v) is 10.8. The fourth-order valence-corrected chi connectivity index (χ4v) is 4.50. The van der Waals surface area contributed by atoms with Crippen LogP contribution < -0.4 is 15.7 Å². The molecule has 5 nitrogen and oxygen atoms in total. The zero-order valence-corrected chi connectivity index (χ0v) is 18.5. The van der Waals surface area contributed by atoms with Crippen LogP contribution in [0.3, 0.4) is 0 Å². The lowest BCUT2D eigenvalue weighted by molar-refractivity contribution is -0.269. The predicted molar refractivity (Wildman–Crippen MR) is 118 cm³/mol. The number of benzene rings is 2. The lowest BCUT2D eigenvalue weighted by atomic mass is 9.91. The molecule has 10 heteroatoms. The number of carbonyl (C=O) groups is 1. The summed E-state index contributed by atoms with van der Waals surface area (Å²) in [5.74, 6) is 0. The molecule has 2 aliphatic heterocycles. The lowest BCUT2D eigenvalue weighted by Crippen LogP contribution is -2.42. The van der Waals surface area contributed by atoms with Crippen LogP contribution in [0.2, 0.25) is 10.0 Å². The average Bonchev–Trinajstić information content (AvgIpc) is 3.19. The molecule has 0 saturated carbocycles. The Kier molecular flexibility index (Phi) is 6.04. The van der Waals surface area contributed by atoms with Crippen LogP contribution in [0, 0.1) is 0 Å². The molecule has 32 heavy (non-hydrogen) atoms. The predicted octanol–water partition coefficient (Wildman–Crippen LogP) is 5.81. The van der Waals surface area contributed by atoms with Gasteiger partial charge in [-0.25, -0.2) is 4.79 Å². The summed E-state index contributed by atoms with van der Waals surface area (Å²) in [4.78, 5) is 19.1. The van der Waals surface area contributed by atoms with Gasteiger partial charge in [-0.2, -0.15) is 13.2 Å². The van der Waals surface area contributed by atoms with Crippen molar-refractivity contribution in [3.8, 4) is 0 Å². The van der Waals surface area contributed by atoms with E-state index in [1.807, 2.05) is 6.92 Å². The first-order valence-electron chi connectivity index (χ1n) is 10.0. The average molecular weight is 486 g/mol. The first-order chi connectivity index (χ1) is 15.1. The quantitative estimate of drug-likeness (QED) is 0.576. The van der Waals surface area contributed by atoms with Crippen LogP contribution in [0.1, 0.15) is 30.0 Å². The molecular formula is C22H20Cl2F3N3O2. The number of anilines is 1. The summed E-state index contributed by atoms with van der Waals surface area (Å²) in [6, 6.07) is 8.70. The molecule has 4 rings (SSSR count). The summed E-state index contributed by atoms with van der Waals surface area (Å²) in [7, 11) is 0. The Morgan fingerprint density at radius 1 is 1.22 bits per heavy atom. The maximum absolute atomic E-state index is 14.2. The van der Waals surface area contributed by atoms with Crippen LogP contribution in [-0.2, 0) is 16.9 Å². The minimum Gasteiger partial charge on any atom is -0.338 e. The van der Waals surface area contributed by atoms with Crippen LogP contribution in [0.5, 0.6) is 0 Å². The van der Waals surface area contributed by atoms with Gasteiger partial charge in [-0.05, 0) is 61.7 Å². The van der Waals surface area contributed by atoms with Crippen molar-refractivity contribution < 1.29 is 22.8 Å². The minimum absolute atomic E-state index is 0.0702. The van der Waals surface area contributed by atoms with Gasteiger partial charge in [-0.15, -0.1) is 0 Å². The van der Waals surface area contributed by atoms with Crippen molar-refractivity contribution in [2.75, 3.05) is 18.0 Å². The number of carbonyl (C=O) groups excluding carboxylic acids is 1. The summed E-state index contributed by atoms with van der Waals surface area (Å²) < 4.78 is 42.6. The van der Waals surface area contributed by atoms with Crippen molar-refractivity contribution in [3.63, 3.8) is 0 Å². The fraction of sp³-hybridized carbons (Fsp3) is 0.318. The number of alkyl halides is 3. The van der Waals surface area contributed by atoms with Gasteiger partial charge >= 0.3 is 12.2 Å². The smallest absolute Gasteiger partial charge is 0.338 e. The number of nitrogens with one attached hydrogen (secondary N) is 2. The van der Waals surface area contributed by atoms with Crippen molar-refractivity contribution in [1.82, 2.24) is 10.8 Å². The third-order valence-corrected chi connectivity index (χ3v) is 5.90. The highest BCUT2D eigenvalue weighted by Gasteiger charge is 2.59. The Morgan fingerprint density at radius 3 is 2.59 bits per heavy atom. The van der Waals surface area contributed by atoms with Gasteiger partial charge in [0.05, 0.1) is 5.70 Å². The Labute approximate surface area is 193 Å². The van der Waals surface area contributed by atoms with E-state index in [1.165, 1.54) is 18.2 Å². The molecule has 0 spiro atoms. The monoisotopic (exact) mass is 485 g/mol. The Bertz CT molecular complexity index is 1070. The molecule has 1 atom stereocenters. The SMILES string of the molecule is CCNC(=O)N1CCCc2cc(C3=CC(c4cc(Cl)cc(Cl)c4)(C(F)(F)F)ON3)ccc21. The molecule has 170 valence electrons. The summed E-state index contributed by atoms with van der Waals surface area (Å²) in [6.45, 7) is 2.92. The van der Waals surface area contributed by atoms with Crippen molar-refractivity contribution in [1.29, 1.82) is 0 Å². The number of hydrogen-bond acceptors (Lipinski definition) is 3. The zero-order valence-electron chi connectivity index (χ0n) is 17.0. The molecule has 2 aliphatic rings. The van der Waals surface area contributed by atoms with E-state index in [9.17, 15) is 18.0 Å². The number of hydroxylamine groups is 1. The van der Waals surface area contributed by atoms with Gasteiger partial charge in [0.1, 0.15) is 0 Å². The van der Waals surface area contributed by atoms with Crippen LogP contribution in [-0.4, -0.2) is 25.3 Å². The topological polar surface area (TPSA) is 53.6 Å². The number of nitrogens with zero attached hydrogens (tertiary/aromatic N) is 1. The molecule has 0 bridgehead atoms. The molecule has 0 aliphatic carbocycles. The Hall–Kier alpha value is -2.42. The van der Waals surface area contributed by atoms with E-state index in [0.29, 0.717) is 25.1 Å². The highest BCUT2D eigenvalue weighted by molar-refractivity contribution is 6.34. The molecule has 2 N–H and O–H groups in total. The molecule has 0 saturated heterocycles. The highest BCUT2D eigenvalue weighted by atomic mass is 35.5. The van der Waals surface area contributed by atoms with Crippen molar-refractivity contribution in [2.24, 2.45) is 0 Å². The zero-order chi connectivity index (χ0) is 23.1. The third kappa shape index (κ3) is 4.02. The Morgan fingerprint density at radius 2 is 1.94 bits per heavy atom. The summed E-state index contributed by atoms with van der Waals surface area (Å²) >= 11 is 11.9. The number of fused-ring (bicyclic) bond motifs is 1. The summed E-state index contributed by atoms with van der Waals surface area (Å²) in [5, 5.41) is 2.92. The second-order valence-electron chi connectivity index (χ2n) is 7.59. The molecule has 0 radical (unpaired) electrons. The summed E-state index contributed by atoms with van der Waals surface area (Å²) in [6.07, 6.45) is -2.33.